The molecule has 7 N–H and O–H groups in total. The Bertz CT molecular complexity index is 1300. The zero-order valence-corrected chi connectivity index (χ0v) is 29.3. The van der Waals surface area contributed by atoms with E-state index in [0.29, 0.717) is 43.2 Å². The first-order chi connectivity index (χ1) is 23.3. The summed E-state index contributed by atoms with van der Waals surface area (Å²) in [6.45, 7) is 5.90. The van der Waals surface area contributed by atoms with E-state index in [0.717, 1.165) is 82.4 Å². The number of nitrogen functional groups attached to an aromatic ring is 1. The van der Waals surface area contributed by atoms with E-state index in [-0.39, 0.29) is 23.6 Å². The molecule has 11 heteroatoms. The van der Waals surface area contributed by atoms with Crippen LogP contribution in [0, 0.1) is 17.2 Å². The van der Waals surface area contributed by atoms with Gasteiger partial charge in [-0.1, -0.05) is 73.5 Å². The van der Waals surface area contributed by atoms with Crippen LogP contribution in [0.5, 0.6) is 0 Å². The van der Waals surface area contributed by atoms with Crippen molar-refractivity contribution in [3.63, 3.8) is 0 Å². The molecule has 2 aliphatic heterocycles. The molecule has 0 saturated carbocycles. The highest BCUT2D eigenvalue weighted by atomic mass is 32.2. The lowest BCUT2D eigenvalue weighted by Crippen LogP contribution is -2.52. The Balaban J connectivity index is 1.38. The molecule has 2 aromatic rings. The molecule has 2 unspecified atom stereocenters. The zero-order chi connectivity index (χ0) is 34.1. The van der Waals surface area contributed by atoms with Gasteiger partial charge in [0.15, 0.2) is 0 Å². The first kappa shape index (κ1) is 37.4. The summed E-state index contributed by atoms with van der Waals surface area (Å²) < 4.78 is 3.45. The summed E-state index contributed by atoms with van der Waals surface area (Å²) in [6, 6.07) is 16.3. The second-order valence-electron chi connectivity index (χ2n) is 13.3. The number of hydrogen-bond donors (Lipinski definition) is 6. The number of hydrogen-bond acceptors (Lipinski definition) is 7. The van der Waals surface area contributed by atoms with Gasteiger partial charge < -0.3 is 26.6 Å². The topological polar surface area (TPSA) is 152 Å². The van der Waals surface area contributed by atoms with Crippen molar-refractivity contribution in [3.05, 3.63) is 71.3 Å². The van der Waals surface area contributed by atoms with Gasteiger partial charge in [-0.2, -0.15) is 0 Å². The summed E-state index contributed by atoms with van der Waals surface area (Å²) in [7, 11) is 0. The minimum absolute atomic E-state index is 0.00362. The van der Waals surface area contributed by atoms with Crippen molar-refractivity contribution >= 4 is 35.5 Å². The lowest BCUT2D eigenvalue weighted by Gasteiger charge is -2.33. The molecule has 262 valence electrons. The number of amidine groups is 1. The first-order valence-corrected chi connectivity index (χ1v) is 18.7. The van der Waals surface area contributed by atoms with Crippen molar-refractivity contribution < 1.29 is 14.4 Å². The Kier molecular flexibility index (Phi) is 15.7. The molecular formula is C37H55N7O3S. The van der Waals surface area contributed by atoms with E-state index >= 15 is 0 Å². The first-order valence-electron chi connectivity index (χ1n) is 17.7. The van der Waals surface area contributed by atoms with E-state index in [4.69, 9.17) is 11.1 Å². The van der Waals surface area contributed by atoms with Crippen LogP contribution < -0.4 is 26.4 Å². The predicted molar refractivity (Wildman–Crippen MR) is 194 cm³/mol. The monoisotopic (exact) mass is 677 g/mol. The molecule has 2 fully saturated rings. The smallest absolute Gasteiger partial charge is 0.242 e. The summed E-state index contributed by atoms with van der Waals surface area (Å²) in [5.74, 6) is 1.63. The van der Waals surface area contributed by atoms with Crippen LogP contribution >= 0.6 is 11.9 Å². The average molecular weight is 678 g/mol. The van der Waals surface area contributed by atoms with Crippen LogP contribution in [-0.4, -0.2) is 66.7 Å². The summed E-state index contributed by atoms with van der Waals surface area (Å²) in [5.41, 5.74) is 8.30. The highest BCUT2D eigenvalue weighted by Gasteiger charge is 2.29. The van der Waals surface area contributed by atoms with Crippen molar-refractivity contribution in [3.8, 4) is 0 Å². The van der Waals surface area contributed by atoms with E-state index < -0.39 is 12.1 Å². The number of benzene rings is 2. The van der Waals surface area contributed by atoms with Crippen molar-refractivity contribution in [2.45, 2.75) is 95.5 Å². The van der Waals surface area contributed by atoms with Gasteiger partial charge in [0.25, 0.3) is 0 Å². The number of likely N-dealkylation sites (tertiary alicyclic amines) is 1. The number of carbonyl (C=O) groups is 3. The van der Waals surface area contributed by atoms with Crippen molar-refractivity contribution in [2.75, 3.05) is 26.2 Å². The van der Waals surface area contributed by atoms with Crippen LogP contribution in [-0.2, 0) is 26.7 Å². The van der Waals surface area contributed by atoms with Gasteiger partial charge in [-0.05, 0) is 93.8 Å². The Labute approximate surface area is 290 Å². The molecule has 0 radical (unpaired) electrons. The Morgan fingerprint density at radius 3 is 2.19 bits per heavy atom. The van der Waals surface area contributed by atoms with Gasteiger partial charge in [-0.15, -0.1) is 0 Å². The number of amides is 3. The summed E-state index contributed by atoms with van der Waals surface area (Å²) in [4.78, 5) is 41.9. The van der Waals surface area contributed by atoms with Crippen LogP contribution in [0.1, 0.15) is 87.8 Å². The second-order valence-corrected chi connectivity index (χ2v) is 14.1. The minimum atomic E-state index is -0.639. The number of nitrogens with two attached hydrogens (primary N) is 1. The standard InChI is InChI=1S/C37H55N7O3S/c1-2-6-34(45)44-23-19-28(20-24-44)12-16-33(43-48-26-30-7-4-3-5-8-30)37(47)42-32(15-11-27-17-21-40-22-18-27)36(46)41-25-29-9-13-31(14-10-29)35(38)39/h3-5,7-10,13-14,27-28,32-33,40,43H,2,6,11-12,15-26H2,1H3,(H3,38,39)(H,41,46)(H,42,47). The number of rotatable bonds is 18. The molecule has 2 saturated heterocycles. The summed E-state index contributed by atoms with van der Waals surface area (Å²) in [5, 5.41) is 17.2. The molecule has 2 heterocycles. The Hall–Kier alpha value is -3.41. The second kappa shape index (κ2) is 20.2. The van der Waals surface area contributed by atoms with Crippen molar-refractivity contribution in [1.29, 1.82) is 5.41 Å². The van der Waals surface area contributed by atoms with Gasteiger partial charge in [0.05, 0.1) is 6.04 Å². The molecule has 0 spiro atoms. The van der Waals surface area contributed by atoms with E-state index in [1.807, 2.05) is 42.2 Å². The lowest BCUT2D eigenvalue weighted by molar-refractivity contribution is -0.132. The maximum atomic E-state index is 14.0. The summed E-state index contributed by atoms with van der Waals surface area (Å²) >= 11 is 1.53. The van der Waals surface area contributed by atoms with Gasteiger partial charge in [-0.3, -0.25) is 24.5 Å². The molecule has 2 aliphatic rings. The lowest BCUT2D eigenvalue weighted by atomic mass is 9.90. The molecule has 4 rings (SSSR count). The van der Waals surface area contributed by atoms with Gasteiger partial charge in [0.1, 0.15) is 11.9 Å². The Morgan fingerprint density at radius 1 is 0.896 bits per heavy atom. The Morgan fingerprint density at radius 2 is 1.54 bits per heavy atom. The molecule has 0 aromatic heterocycles. The fourth-order valence-corrected chi connectivity index (χ4v) is 7.39. The van der Waals surface area contributed by atoms with E-state index in [2.05, 4.69) is 32.8 Å². The molecule has 10 nitrogen and oxygen atoms in total. The third kappa shape index (κ3) is 12.6. The van der Waals surface area contributed by atoms with E-state index in [1.54, 1.807) is 12.1 Å². The van der Waals surface area contributed by atoms with Crippen LogP contribution in [0.3, 0.4) is 0 Å². The fourth-order valence-electron chi connectivity index (χ4n) is 6.52. The number of piperidine rings is 2. The highest BCUT2D eigenvalue weighted by molar-refractivity contribution is 7.96. The molecule has 0 aliphatic carbocycles. The maximum Gasteiger partial charge on any atom is 0.242 e. The molecule has 0 bridgehead atoms. The van der Waals surface area contributed by atoms with Crippen LogP contribution in [0.15, 0.2) is 54.6 Å². The molecule has 2 aromatic carbocycles. The zero-order valence-electron chi connectivity index (χ0n) is 28.5. The average Bonchev–Trinajstić information content (AvgIpc) is 3.11. The largest absolute Gasteiger partial charge is 0.384 e. The quantitative estimate of drug-likeness (QED) is 0.0774. The fraction of sp³-hybridized carbons (Fsp3) is 0.568. The number of carbonyl (C=O) groups excluding carboxylic acids is 3. The maximum absolute atomic E-state index is 14.0. The minimum Gasteiger partial charge on any atom is -0.384 e. The predicted octanol–water partition coefficient (Wildman–Crippen LogP) is 4.48. The van der Waals surface area contributed by atoms with Crippen LogP contribution in [0.25, 0.3) is 0 Å². The normalized spacial score (nSPS) is 17.0. The third-order valence-electron chi connectivity index (χ3n) is 9.61. The summed E-state index contributed by atoms with van der Waals surface area (Å²) in [6.07, 6.45) is 8.54. The van der Waals surface area contributed by atoms with Crippen molar-refractivity contribution in [2.24, 2.45) is 17.6 Å². The van der Waals surface area contributed by atoms with Crippen molar-refractivity contribution in [1.82, 2.24) is 25.6 Å². The molecule has 2 atom stereocenters. The molecule has 3 amide bonds. The van der Waals surface area contributed by atoms with Gasteiger partial charge in [0.2, 0.25) is 17.7 Å². The van der Waals surface area contributed by atoms with E-state index in [1.165, 1.54) is 17.5 Å². The van der Waals surface area contributed by atoms with Gasteiger partial charge in [0, 0.05) is 37.4 Å². The SMILES string of the molecule is CCCC(=O)N1CCC(CCC(NSCc2ccccc2)C(=O)NC(CCC2CCNCC2)C(=O)NCc2ccc(C(=N)N)cc2)CC1. The molecular weight excluding hydrogens is 623 g/mol. The molecule has 48 heavy (non-hydrogen) atoms. The van der Waals surface area contributed by atoms with Gasteiger partial charge in [-0.25, -0.2) is 0 Å². The number of nitrogens with one attached hydrogen (secondary N) is 5. The number of nitrogens with zero attached hydrogens (tertiary/aromatic N) is 1. The van der Waals surface area contributed by atoms with Crippen LogP contribution in [0.4, 0.5) is 0 Å². The van der Waals surface area contributed by atoms with Gasteiger partial charge >= 0.3 is 0 Å². The van der Waals surface area contributed by atoms with E-state index in [9.17, 15) is 14.4 Å². The third-order valence-corrected chi connectivity index (χ3v) is 10.5. The van der Waals surface area contributed by atoms with Crippen LogP contribution in [0.2, 0.25) is 0 Å². The highest BCUT2D eigenvalue weighted by Crippen LogP contribution is 2.25.